The highest BCUT2D eigenvalue weighted by Crippen LogP contribution is 2.39. The highest BCUT2D eigenvalue weighted by atomic mass is 15.0. The van der Waals surface area contributed by atoms with Gasteiger partial charge in [-0.1, -0.05) is 127 Å². The molecule has 1 N–H and O–H groups in total. The lowest BCUT2D eigenvalue weighted by Crippen LogP contribution is -2.32. The molecule has 0 aliphatic carbocycles. The second kappa shape index (κ2) is 11.8. The third kappa shape index (κ3) is 5.03. The smallest absolute Gasteiger partial charge is 0.133 e. The van der Waals surface area contributed by atoms with Gasteiger partial charge in [-0.05, 0) is 90.5 Å². The number of aromatic nitrogens is 1. The number of nitrogens with one attached hydrogen (secondary N) is 1. The van der Waals surface area contributed by atoms with Crippen LogP contribution in [0.1, 0.15) is 22.7 Å². The van der Waals surface area contributed by atoms with Crippen LogP contribution in [-0.2, 0) is 0 Å². The van der Waals surface area contributed by atoms with Crippen molar-refractivity contribution in [3.8, 4) is 22.3 Å². The Morgan fingerprint density at radius 1 is 0.458 bits per heavy atom. The van der Waals surface area contributed by atoms with Crippen LogP contribution < -0.4 is 5.32 Å². The van der Waals surface area contributed by atoms with Crippen LogP contribution in [0, 0.1) is 0 Å². The molecule has 0 radical (unpaired) electrons. The van der Waals surface area contributed by atoms with Gasteiger partial charge < -0.3 is 5.32 Å². The predicted molar refractivity (Wildman–Crippen MR) is 201 cm³/mol. The van der Waals surface area contributed by atoms with Crippen molar-refractivity contribution in [3.05, 3.63) is 193 Å². The lowest BCUT2D eigenvalue weighted by atomic mass is 9.88. The predicted octanol–water partition coefficient (Wildman–Crippen LogP) is 11.0. The van der Waals surface area contributed by atoms with Gasteiger partial charge in [0.25, 0.3) is 0 Å². The molecule has 0 saturated carbocycles. The van der Waals surface area contributed by atoms with Crippen LogP contribution in [0.2, 0.25) is 0 Å². The second-order valence-electron chi connectivity index (χ2n) is 12.3. The van der Waals surface area contributed by atoms with Crippen molar-refractivity contribution in [2.24, 2.45) is 4.99 Å². The van der Waals surface area contributed by atoms with Gasteiger partial charge in [0.1, 0.15) is 5.84 Å². The number of nitrogens with zero attached hydrogens (tertiary/aromatic N) is 2. The monoisotopic (exact) mass is 613 g/mol. The van der Waals surface area contributed by atoms with Crippen LogP contribution in [0.5, 0.6) is 0 Å². The maximum Gasteiger partial charge on any atom is 0.133 e. The Kier molecular flexibility index (Phi) is 6.87. The molecule has 0 spiro atoms. The van der Waals surface area contributed by atoms with Crippen LogP contribution in [0.3, 0.4) is 0 Å². The summed E-state index contributed by atoms with van der Waals surface area (Å²) in [6.45, 7) is 0. The Balaban J connectivity index is 1.19. The lowest BCUT2D eigenvalue weighted by Gasteiger charge is -2.28. The van der Waals surface area contributed by atoms with Gasteiger partial charge in [0, 0.05) is 35.3 Å². The minimum atomic E-state index is -0.125. The summed E-state index contributed by atoms with van der Waals surface area (Å²) in [5.74, 6) is 0.861. The van der Waals surface area contributed by atoms with Crippen LogP contribution in [0.25, 0.3) is 60.1 Å². The van der Waals surface area contributed by atoms with Gasteiger partial charge in [-0.15, -0.1) is 0 Å². The number of pyridine rings is 1. The molecule has 0 amide bonds. The molecule has 1 unspecified atom stereocenters. The van der Waals surface area contributed by atoms with Gasteiger partial charge in [0.15, 0.2) is 0 Å². The summed E-state index contributed by atoms with van der Waals surface area (Å²) >= 11 is 0. The van der Waals surface area contributed by atoms with E-state index in [0.29, 0.717) is 0 Å². The number of rotatable bonds is 5. The zero-order valence-corrected chi connectivity index (χ0v) is 26.2. The zero-order valence-electron chi connectivity index (χ0n) is 26.2. The van der Waals surface area contributed by atoms with E-state index in [-0.39, 0.29) is 6.04 Å². The van der Waals surface area contributed by atoms with Crippen molar-refractivity contribution < 1.29 is 0 Å². The summed E-state index contributed by atoms with van der Waals surface area (Å²) < 4.78 is 0. The lowest BCUT2D eigenvalue weighted by molar-refractivity contribution is 0.796. The molecule has 48 heavy (non-hydrogen) atoms. The Hall–Kier alpha value is -6.32. The van der Waals surface area contributed by atoms with Crippen molar-refractivity contribution in [2.75, 3.05) is 0 Å². The summed E-state index contributed by atoms with van der Waals surface area (Å²) in [5, 5.41) is 11.3. The molecule has 9 rings (SSSR count). The van der Waals surface area contributed by atoms with Crippen LogP contribution in [0.4, 0.5) is 0 Å². The Morgan fingerprint density at radius 2 is 1.19 bits per heavy atom. The number of hydrogen-bond acceptors (Lipinski definition) is 3. The average Bonchev–Trinajstić information content (AvgIpc) is 3.17. The normalized spacial score (nSPS) is 14.5. The summed E-state index contributed by atoms with van der Waals surface area (Å²) in [6, 6.07) is 56.4. The van der Waals surface area contributed by atoms with E-state index in [9.17, 15) is 0 Å². The summed E-state index contributed by atoms with van der Waals surface area (Å²) in [6.07, 6.45) is 5.77. The molecule has 226 valence electrons. The maximum absolute atomic E-state index is 5.03. The minimum absolute atomic E-state index is 0.125. The molecule has 3 nitrogen and oxygen atoms in total. The Bertz CT molecular complexity index is 2550. The molecule has 1 aliphatic rings. The number of amidine groups is 1. The van der Waals surface area contributed by atoms with E-state index in [4.69, 9.17) is 4.99 Å². The molecule has 7 aromatic carbocycles. The number of hydrogen-bond donors (Lipinski definition) is 1. The van der Waals surface area contributed by atoms with E-state index < -0.39 is 0 Å². The fraction of sp³-hybridized carbons (Fsp3) is 0.0222. The fourth-order valence-electron chi connectivity index (χ4n) is 7.05. The number of benzene rings is 7. The molecule has 3 heteroatoms. The van der Waals surface area contributed by atoms with Gasteiger partial charge in [-0.2, -0.15) is 0 Å². The Labute approximate surface area is 279 Å². The molecule has 1 atom stereocenters. The molecule has 2 heterocycles. The first-order chi connectivity index (χ1) is 23.8. The minimum Gasteiger partial charge on any atom is -0.359 e. The number of aliphatic imine (C=N–C) groups is 1. The Morgan fingerprint density at radius 3 is 2.06 bits per heavy atom. The first-order valence-corrected chi connectivity index (χ1v) is 16.3. The maximum atomic E-state index is 5.03. The summed E-state index contributed by atoms with van der Waals surface area (Å²) in [4.78, 5) is 9.39. The van der Waals surface area contributed by atoms with Gasteiger partial charge in [0.05, 0.1) is 6.04 Å². The molecule has 0 fully saturated rings. The van der Waals surface area contributed by atoms with Crippen molar-refractivity contribution in [1.82, 2.24) is 10.3 Å². The highest BCUT2D eigenvalue weighted by Gasteiger charge is 2.25. The van der Waals surface area contributed by atoms with Gasteiger partial charge >= 0.3 is 0 Å². The van der Waals surface area contributed by atoms with Crippen LogP contribution >= 0.6 is 0 Å². The van der Waals surface area contributed by atoms with E-state index in [1.165, 1.54) is 49.0 Å². The van der Waals surface area contributed by atoms with Crippen LogP contribution in [-0.4, -0.2) is 10.8 Å². The van der Waals surface area contributed by atoms with Crippen molar-refractivity contribution in [3.63, 3.8) is 0 Å². The number of fused-ring (bicyclic) bond motifs is 4. The SMILES string of the molecule is C1=C(c2cccc(-c3cccnc3)c2)C(c2cccc(-c3cc4ccccc4c4ccccc34)c2)NC(c2ccc3ccccc3c2)=N1. The topological polar surface area (TPSA) is 37.3 Å². The molecular formula is C45H31N3. The third-order valence-corrected chi connectivity index (χ3v) is 9.44. The molecule has 0 bridgehead atoms. The van der Waals surface area contributed by atoms with E-state index in [0.717, 1.165) is 33.7 Å². The standard InChI is InChI=1S/C45H31N3/c1-2-11-31-25-37(22-21-30(31)10-1)45-47-29-43(34-15-7-13-32(24-34)38-17-9-23-46-28-38)44(48-45)36-16-8-14-33(26-36)42-27-35-12-3-4-18-39(35)40-19-5-6-20-41(40)42/h1-29,44H,(H,47,48). The third-order valence-electron chi connectivity index (χ3n) is 9.44. The van der Waals surface area contributed by atoms with E-state index in [1.54, 1.807) is 0 Å². The van der Waals surface area contributed by atoms with Crippen molar-refractivity contribution in [2.45, 2.75) is 6.04 Å². The van der Waals surface area contributed by atoms with Gasteiger partial charge in [-0.25, -0.2) is 4.99 Å². The first-order valence-electron chi connectivity index (χ1n) is 16.3. The first kappa shape index (κ1) is 27.9. The average molecular weight is 614 g/mol. The van der Waals surface area contributed by atoms with Crippen molar-refractivity contribution >= 4 is 43.7 Å². The van der Waals surface area contributed by atoms with Gasteiger partial charge in [-0.3, -0.25) is 4.98 Å². The van der Waals surface area contributed by atoms with E-state index in [2.05, 4.69) is 162 Å². The van der Waals surface area contributed by atoms with E-state index >= 15 is 0 Å². The second-order valence-corrected chi connectivity index (χ2v) is 12.3. The van der Waals surface area contributed by atoms with Gasteiger partial charge in [0.2, 0.25) is 0 Å². The van der Waals surface area contributed by atoms with Crippen LogP contribution in [0.15, 0.2) is 181 Å². The quantitative estimate of drug-likeness (QED) is 0.196. The molecule has 1 aliphatic heterocycles. The van der Waals surface area contributed by atoms with E-state index in [1.807, 2.05) is 24.7 Å². The summed E-state index contributed by atoms with van der Waals surface area (Å²) in [7, 11) is 0. The molecule has 8 aromatic rings. The molecule has 1 aromatic heterocycles. The molecule has 0 saturated heterocycles. The highest BCUT2D eigenvalue weighted by molar-refractivity contribution is 6.13. The summed E-state index contributed by atoms with van der Waals surface area (Å²) in [5.41, 5.74) is 9.11. The fourth-order valence-corrected chi connectivity index (χ4v) is 7.05. The molecular weight excluding hydrogens is 583 g/mol. The van der Waals surface area contributed by atoms with Crippen molar-refractivity contribution in [1.29, 1.82) is 0 Å². The largest absolute Gasteiger partial charge is 0.359 e. The zero-order chi connectivity index (χ0) is 31.9.